The lowest BCUT2D eigenvalue weighted by atomic mass is 10.1. The van der Waals surface area contributed by atoms with Gasteiger partial charge in [-0.3, -0.25) is 0 Å². The maximum atomic E-state index is 12.8. The first-order valence-electron chi connectivity index (χ1n) is 15.7. The van der Waals surface area contributed by atoms with Crippen LogP contribution in [0.5, 0.6) is 0 Å². The minimum atomic E-state index is -0.323. The molecule has 2 N–H and O–H groups in total. The topological polar surface area (TPSA) is 111 Å². The molecule has 2 bridgehead atoms. The average molecular weight is 600 g/mol. The highest BCUT2D eigenvalue weighted by molar-refractivity contribution is 5.99. The average Bonchev–Trinajstić information content (AvgIpc) is 3.30. The number of likely N-dealkylation sites (N-methyl/N-ethyl adjacent to an activating group) is 1. The van der Waals surface area contributed by atoms with Crippen LogP contribution in [0.1, 0.15) is 19.8 Å². The molecule has 0 spiro atoms. The van der Waals surface area contributed by atoms with Crippen LogP contribution < -0.4 is 25.3 Å². The van der Waals surface area contributed by atoms with Gasteiger partial charge < -0.3 is 39.7 Å². The molecule has 6 heterocycles. The van der Waals surface area contributed by atoms with E-state index in [1.54, 1.807) is 6.20 Å². The molecule has 232 valence electrons. The Morgan fingerprint density at radius 3 is 2.23 bits per heavy atom. The van der Waals surface area contributed by atoms with E-state index in [2.05, 4.69) is 55.3 Å². The molecule has 4 aliphatic rings. The zero-order chi connectivity index (χ0) is 30.0. The number of anilines is 5. The van der Waals surface area contributed by atoms with Crippen molar-refractivity contribution in [3.63, 3.8) is 0 Å². The van der Waals surface area contributed by atoms with E-state index in [1.807, 2.05) is 36.4 Å². The van der Waals surface area contributed by atoms with Gasteiger partial charge in [-0.25, -0.2) is 19.7 Å². The van der Waals surface area contributed by atoms with Gasteiger partial charge >= 0.3 is 6.03 Å². The number of amides is 2. The lowest BCUT2D eigenvalue weighted by Crippen LogP contribution is -2.47. The maximum Gasteiger partial charge on any atom is 0.323 e. The van der Waals surface area contributed by atoms with Crippen LogP contribution in [0, 0.1) is 0 Å². The highest BCUT2D eigenvalue weighted by Crippen LogP contribution is 2.36. The third kappa shape index (κ3) is 6.15. The van der Waals surface area contributed by atoms with E-state index in [0.29, 0.717) is 42.5 Å². The van der Waals surface area contributed by atoms with E-state index in [4.69, 9.17) is 19.4 Å². The van der Waals surface area contributed by atoms with Gasteiger partial charge in [0, 0.05) is 50.0 Å². The number of ether oxygens (including phenoxy) is 2. The second kappa shape index (κ2) is 12.5. The van der Waals surface area contributed by atoms with Crippen molar-refractivity contribution in [2.45, 2.75) is 37.9 Å². The number of aromatic nitrogens is 3. The molecule has 0 aliphatic carbocycles. The molecule has 3 aromatic rings. The molecular formula is C32H41N9O3. The summed E-state index contributed by atoms with van der Waals surface area (Å²) in [5.74, 6) is 3.47. The SMILES string of the molecule is C[C@@H]1COCCN1c1cc(N2C3CCC2COC3)nc(-c2ccc(NC(=O)Nc3ccc(N4CCN(C)CC4)nc3)cc2)n1. The second-order valence-electron chi connectivity index (χ2n) is 12.2. The highest BCUT2D eigenvalue weighted by Gasteiger charge is 2.39. The number of urea groups is 1. The molecule has 4 fully saturated rings. The predicted molar refractivity (Wildman–Crippen MR) is 172 cm³/mol. The van der Waals surface area contributed by atoms with E-state index >= 15 is 0 Å². The summed E-state index contributed by atoms with van der Waals surface area (Å²) in [6.45, 7) is 9.72. The van der Waals surface area contributed by atoms with Gasteiger partial charge in [0.25, 0.3) is 0 Å². The number of morpholine rings is 2. The summed E-state index contributed by atoms with van der Waals surface area (Å²) in [6.07, 6.45) is 3.94. The fourth-order valence-corrected chi connectivity index (χ4v) is 6.58. The van der Waals surface area contributed by atoms with E-state index in [9.17, 15) is 4.79 Å². The van der Waals surface area contributed by atoms with E-state index in [1.165, 1.54) is 0 Å². The van der Waals surface area contributed by atoms with Gasteiger partial charge in [0.1, 0.15) is 17.5 Å². The van der Waals surface area contributed by atoms with Gasteiger partial charge in [-0.1, -0.05) is 0 Å². The third-order valence-electron chi connectivity index (χ3n) is 9.10. The third-order valence-corrected chi connectivity index (χ3v) is 9.10. The van der Waals surface area contributed by atoms with E-state index in [-0.39, 0.29) is 12.1 Å². The Balaban J connectivity index is 1.05. The van der Waals surface area contributed by atoms with Crippen molar-refractivity contribution in [2.24, 2.45) is 0 Å². The van der Waals surface area contributed by atoms with Crippen molar-refractivity contribution in [1.82, 2.24) is 19.9 Å². The van der Waals surface area contributed by atoms with Crippen molar-refractivity contribution in [3.05, 3.63) is 48.7 Å². The Morgan fingerprint density at radius 1 is 0.818 bits per heavy atom. The largest absolute Gasteiger partial charge is 0.377 e. The van der Waals surface area contributed by atoms with Crippen molar-refractivity contribution < 1.29 is 14.3 Å². The lowest BCUT2D eigenvalue weighted by molar-refractivity contribution is 0.0901. The summed E-state index contributed by atoms with van der Waals surface area (Å²) < 4.78 is 11.5. The van der Waals surface area contributed by atoms with Crippen molar-refractivity contribution in [1.29, 1.82) is 0 Å². The number of rotatable bonds is 6. The molecule has 12 nitrogen and oxygen atoms in total. The number of hydrogen-bond donors (Lipinski definition) is 2. The predicted octanol–water partition coefficient (Wildman–Crippen LogP) is 3.53. The molecule has 0 saturated carbocycles. The van der Waals surface area contributed by atoms with Gasteiger partial charge in [-0.15, -0.1) is 0 Å². The molecule has 4 saturated heterocycles. The summed E-state index contributed by atoms with van der Waals surface area (Å²) in [5, 5.41) is 5.81. The normalized spacial score (nSPS) is 24.0. The Bertz CT molecular complexity index is 1430. The number of carbonyl (C=O) groups excluding carboxylic acids is 1. The van der Waals surface area contributed by atoms with Crippen molar-refractivity contribution in [2.75, 3.05) is 91.5 Å². The first-order chi connectivity index (χ1) is 21.5. The molecule has 4 aliphatic heterocycles. The fraction of sp³-hybridized carbons (Fsp3) is 0.500. The quantitative estimate of drug-likeness (QED) is 0.437. The van der Waals surface area contributed by atoms with Gasteiger partial charge in [0.05, 0.1) is 56.4 Å². The fourth-order valence-electron chi connectivity index (χ4n) is 6.58. The Kier molecular flexibility index (Phi) is 8.20. The van der Waals surface area contributed by atoms with Crippen LogP contribution in [0.3, 0.4) is 0 Å². The number of pyridine rings is 1. The van der Waals surface area contributed by atoms with Crippen molar-refractivity contribution >= 4 is 34.9 Å². The van der Waals surface area contributed by atoms with E-state index in [0.717, 1.165) is 81.8 Å². The summed E-state index contributed by atoms with van der Waals surface area (Å²) in [4.78, 5) is 36.8. The Hall–Kier alpha value is -4.00. The number of nitrogens with one attached hydrogen (secondary N) is 2. The van der Waals surface area contributed by atoms with Gasteiger partial charge in [0.2, 0.25) is 0 Å². The van der Waals surface area contributed by atoms with Crippen LogP contribution in [0.2, 0.25) is 0 Å². The van der Waals surface area contributed by atoms with Gasteiger partial charge in [0.15, 0.2) is 5.82 Å². The lowest BCUT2D eigenvalue weighted by Gasteiger charge is -2.38. The molecule has 12 heteroatoms. The molecule has 0 radical (unpaired) electrons. The molecule has 7 rings (SSSR count). The molecule has 2 aromatic heterocycles. The zero-order valence-corrected chi connectivity index (χ0v) is 25.5. The number of piperazine rings is 1. The Morgan fingerprint density at radius 2 is 1.52 bits per heavy atom. The molecule has 2 unspecified atom stereocenters. The van der Waals surface area contributed by atoms with Gasteiger partial charge in [-0.05, 0) is 63.2 Å². The van der Waals surface area contributed by atoms with Crippen LogP contribution in [-0.4, -0.2) is 110 Å². The first-order valence-corrected chi connectivity index (χ1v) is 15.7. The zero-order valence-electron chi connectivity index (χ0n) is 25.5. The number of fused-ring (bicyclic) bond motifs is 2. The smallest absolute Gasteiger partial charge is 0.323 e. The molecule has 2 amide bonds. The monoisotopic (exact) mass is 599 g/mol. The highest BCUT2D eigenvalue weighted by atomic mass is 16.5. The molecular weight excluding hydrogens is 558 g/mol. The molecule has 44 heavy (non-hydrogen) atoms. The summed E-state index contributed by atoms with van der Waals surface area (Å²) in [5.41, 5.74) is 2.21. The second-order valence-corrected chi connectivity index (χ2v) is 12.2. The minimum absolute atomic E-state index is 0.226. The first kappa shape index (κ1) is 28.8. The number of benzene rings is 1. The van der Waals surface area contributed by atoms with Crippen LogP contribution in [0.15, 0.2) is 48.7 Å². The van der Waals surface area contributed by atoms with Crippen molar-refractivity contribution in [3.8, 4) is 11.4 Å². The number of hydrogen-bond acceptors (Lipinski definition) is 10. The van der Waals surface area contributed by atoms with E-state index < -0.39 is 0 Å². The molecule has 1 aromatic carbocycles. The van der Waals surface area contributed by atoms with Gasteiger partial charge in [-0.2, -0.15) is 0 Å². The van der Waals surface area contributed by atoms with Crippen LogP contribution in [0.4, 0.5) is 33.6 Å². The minimum Gasteiger partial charge on any atom is -0.377 e. The van der Waals surface area contributed by atoms with Crippen LogP contribution >= 0.6 is 0 Å². The van der Waals surface area contributed by atoms with Crippen LogP contribution in [0.25, 0.3) is 11.4 Å². The summed E-state index contributed by atoms with van der Waals surface area (Å²) in [7, 11) is 2.13. The number of carbonyl (C=O) groups is 1. The number of nitrogens with zero attached hydrogens (tertiary/aromatic N) is 7. The maximum absolute atomic E-state index is 12.8. The Labute approximate surface area is 258 Å². The molecule has 3 atom stereocenters. The standard InChI is InChI=1S/C32H41N9O3/c1-22-19-43-16-15-40(22)29-17-30(41-26-8-9-27(41)21-44-20-26)37-31(36-29)23-3-5-24(6-4-23)34-32(42)35-25-7-10-28(33-18-25)39-13-11-38(2)12-14-39/h3-7,10,17-18,22,26-27H,8-9,11-16,19-21H2,1-2H3,(H2,34,35,42)/t22-,26?,27?/m1/s1. The summed E-state index contributed by atoms with van der Waals surface area (Å²) in [6, 6.07) is 14.3. The summed E-state index contributed by atoms with van der Waals surface area (Å²) >= 11 is 0. The van der Waals surface area contributed by atoms with Crippen LogP contribution in [-0.2, 0) is 9.47 Å².